The second kappa shape index (κ2) is 9.11. The van der Waals surface area contributed by atoms with E-state index in [0.717, 1.165) is 68.4 Å². The van der Waals surface area contributed by atoms with E-state index >= 15 is 0 Å². The van der Waals surface area contributed by atoms with Crippen LogP contribution in [0.25, 0.3) is 16.8 Å². The lowest BCUT2D eigenvalue weighted by Gasteiger charge is -2.26. The molecule has 1 N–H and O–H groups in total. The molecule has 3 heterocycles. The van der Waals surface area contributed by atoms with E-state index in [1.54, 1.807) is 18.7 Å². The molecule has 0 bridgehead atoms. The Morgan fingerprint density at radius 1 is 1.10 bits per heavy atom. The highest BCUT2D eigenvalue weighted by Gasteiger charge is 2.13. The van der Waals surface area contributed by atoms with Gasteiger partial charge in [-0.05, 0) is 36.7 Å². The van der Waals surface area contributed by atoms with Gasteiger partial charge in [-0.3, -0.25) is 4.90 Å². The molecule has 0 amide bonds. The summed E-state index contributed by atoms with van der Waals surface area (Å²) < 4.78 is 17.9. The predicted octanol–water partition coefficient (Wildman–Crippen LogP) is 2.55. The second-order valence-corrected chi connectivity index (χ2v) is 6.94. The fourth-order valence-electron chi connectivity index (χ4n) is 3.52. The number of hydrogen-bond donors (Lipinski definition) is 1. The van der Waals surface area contributed by atoms with E-state index < -0.39 is 0 Å². The van der Waals surface area contributed by atoms with E-state index in [1.807, 2.05) is 36.7 Å². The second-order valence-electron chi connectivity index (χ2n) is 6.94. The summed E-state index contributed by atoms with van der Waals surface area (Å²) >= 11 is 0. The van der Waals surface area contributed by atoms with E-state index in [9.17, 15) is 0 Å². The molecular weight excluding hydrogens is 370 g/mol. The van der Waals surface area contributed by atoms with Crippen LogP contribution in [0.5, 0.6) is 11.5 Å². The third kappa shape index (κ3) is 4.44. The van der Waals surface area contributed by atoms with Crippen molar-refractivity contribution in [1.29, 1.82) is 0 Å². The molecule has 0 saturated carbocycles. The van der Waals surface area contributed by atoms with Crippen molar-refractivity contribution in [2.24, 2.45) is 0 Å². The molecule has 2 aromatic heterocycles. The Hall–Kier alpha value is -2.84. The summed E-state index contributed by atoms with van der Waals surface area (Å²) in [5.41, 5.74) is 2.73. The molecule has 0 unspecified atom stereocenters. The molecule has 29 heavy (non-hydrogen) atoms. The van der Waals surface area contributed by atoms with Gasteiger partial charge >= 0.3 is 0 Å². The molecule has 0 radical (unpaired) electrons. The zero-order valence-corrected chi connectivity index (χ0v) is 16.9. The molecule has 0 spiro atoms. The standard InChI is InChI=1S/C21H27N5O3/c1-27-18-5-4-16(14-19(18)28-2)17-15-23-26-9-6-20(24-21(17)26)22-7-3-8-25-10-12-29-13-11-25/h4-6,9,14-15H,3,7-8,10-13H2,1-2H3,(H,22,24). The minimum absolute atomic E-state index is 0.682. The zero-order chi connectivity index (χ0) is 20.1. The molecule has 8 heteroatoms. The van der Waals surface area contributed by atoms with Gasteiger partial charge in [-0.25, -0.2) is 9.50 Å². The van der Waals surface area contributed by atoms with Gasteiger partial charge in [0.15, 0.2) is 17.1 Å². The number of aromatic nitrogens is 3. The summed E-state index contributed by atoms with van der Waals surface area (Å²) in [5, 5.41) is 7.86. The van der Waals surface area contributed by atoms with Crippen molar-refractivity contribution in [3.05, 3.63) is 36.7 Å². The quantitative estimate of drug-likeness (QED) is 0.586. The summed E-state index contributed by atoms with van der Waals surface area (Å²) in [6.45, 7) is 5.67. The molecule has 1 aliphatic heterocycles. The lowest BCUT2D eigenvalue weighted by molar-refractivity contribution is 0.0378. The number of methoxy groups -OCH3 is 2. The lowest BCUT2D eigenvalue weighted by Crippen LogP contribution is -2.37. The van der Waals surface area contributed by atoms with Crippen molar-refractivity contribution in [3.63, 3.8) is 0 Å². The summed E-state index contributed by atoms with van der Waals surface area (Å²) in [6, 6.07) is 7.78. The van der Waals surface area contributed by atoms with Crippen LogP contribution in [0.1, 0.15) is 6.42 Å². The topological polar surface area (TPSA) is 73.2 Å². The summed E-state index contributed by atoms with van der Waals surface area (Å²) in [4.78, 5) is 7.22. The first-order chi connectivity index (χ1) is 14.3. The number of nitrogens with zero attached hydrogens (tertiary/aromatic N) is 4. The Morgan fingerprint density at radius 2 is 1.93 bits per heavy atom. The molecule has 0 atom stereocenters. The maximum Gasteiger partial charge on any atom is 0.165 e. The van der Waals surface area contributed by atoms with Gasteiger partial charge in [0.2, 0.25) is 0 Å². The van der Waals surface area contributed by atoms with Crippen LogP contribution in [0.4, 0.5) is 5.82 Å². The van der Waals surface area contributed by atoms with Crippen molar-refractivity contribution in [2.45, 2.75) is 6.42 Å². The highest BCUT2D eigenvalue weighted by molar-refractivity contribution is 5.79. The van der Waals surface area contributed by atoms with Crippen molar-refractivity contribution >= 4 is 11.5 Å². The van der Waals surface area contributed by atoms with Crippen LogP contribution in [-0.2, 0) is 4.74 Å². The van der Waals surface area contributed by atoms with Crippen molar-refractivity contribution < 1.29 is 14.2 Å². The number of nitrogens with one attached hydrogen (secondary N) is 1. The van der Waals surface area contributed by atoms with E-state index in [4.69, 9.17) is 19.2 Å². The van der Waals surface area contributed by atoms with Crippen LogP contribution >= 0.6 is 0 Å². The van der Waals surface area contributed by atoms with Crippen LogP contribution < -0.4 is 14.8 Å². The molecule has 3 aromatic rings. The maximum atomic E-state index is 5.43. The Balaban J connectivity index is 1.46. The summed E-state index contributed by atoms with van der Waals surface area (Å²) in [7, 11) is 3.26. The molecule has 1 aromatic carbocycles. The molecule has 154 valence electrons. The monoisotopic (exact) mass is 397 g/mol. The molecule has 4 rings (SSSR count). The first kappa shape index (κ1) is 19.5. The van der Waals surface area contributed by atoms with Crippen molar-refractivity contribution in [1.82, 2.24) is 19.5 Å². The SMILES string of the molecule is COc1ccc(-c2cnn3ccc(NCCCN4CCOCC4)nc23)cc1OC. The molecular formula is C21H27N5O3. The number of fused-ring (bicyclic) bond motifs is 1. The summed E-state index contributed by atoms with van der Waals surface area (Å²) in [6.07, 6.45) is 4.82. The van der Waals surface area contributed by atoms with Crippen molar-refractivity contribution in [2.75, 3.05) is 58.9 Å². The minimum Gasteiger partial charge on any atom is -0.493 e. The van der Waals surface area contributed by atoms with E-state index in [2.05, 4.69) is 15.3 Å². The van der Waals surface area contributed by atoms with Gasteiger partial charge < -0.3 is 19.5 Å². The molecule has 8 nitrogen and oxygen atoms in total. The fraction of sp³-hybridized carbons (Fsp3) is 0.429. The van der Waals surface area contributed by atoms with E-state index in [0.29, 0.717) is 11.5 Å². The van der Waals surface area contributed by atoms with Crippen LogP contribution in [0.2, 0.25) is 0 Å². The maximum absolute atomic E-state index is 5.43. The number of morpholine rings is 1. The molecule has 1 saturated heterocycles. The predicted molar refractivity (Wildman–Crippen MR) is 112 cm³/mol. The van der Waals surface area contributed by atoms with Gasteiger partial charge in [0.25, 0.3) is 0 Å². The Morgan fingerprint density at radius 3 is 2.72 bits per heavy atom. The van der Waals surface area contributed by atoms with Gasteiger partial charge in [0.1, 0.15) is 5.82 Å². The zero-order valence-electron chi connectivity index (χ0n) is 16.9. The van der Waals surface area contributed by atoms with Crippen LogP contribution in [0.3, 0.4) is 0 Å². The first-order valence-corrected chi connectivity index (χ1v) is 9.89. The average Bonchev–Trinajstić information content (AvgIpc) is 3.20. The van der Waals surface area contributed by atoms with E-state index in [-0.39, 0.29) is 0 Å². The van der Waals surface area contributed by atoms with Gasteiger partial charge in [-0.2, -0.15) is 5.10 Å². The highest BCUT2D eigenvalue weighted by atomic mass is 16.5. The van der Waals surface area contributed by atoms with Gasteiger partial charge in [-0.1, -0.05) is 6.07 Å². The molecule has 1 fully saturated rings. The van der Waals surface area contributed by atoms with Crippen LogP contribution in [0.15, 0.2) is 36.7 Å². The van der Waals surface area contributed by atoms with Crippen molar-refractivity contribution in [3.8, 4) is 22.6 Å². The smallest absolute Gasteiger partial charge is 0.165 e. The number of anilines is 1. The fourth-order valence-corrected chi connectivity index (χ4v) is 3.52. The minimum atomic E-state index is 0.682. The average molecular weight is 397 g/mol. The number of rotatable bonds is 8. The largest absolute Gasteiger partial charge is 0.493 e. The number of ether oxygens (including phenoxy) is 3. The Kier molecular flexibility index (Phi) is 6.12. The van der Waals surface area contributed by atoms with E-state index in [1.165, 1.54) is 0 Å². The molecule has 1 aliphatic rings. The molecule has 0 aliphatic carbocycles. The number of benzene rings is 1. The summed E-state index contributed by atoms with van der Waals surface area (Å²) in [5.74, 6) is 2.23. The lowest BCUT2D eigenvalue weighted by atomic mass is 10.1. The Labute approximate surface area is 170 Å². The van der Waals surface area contributed by atoms with Gasteiger partial charge in [0, 0.05) is 31.4 Å². The van der Waals surface area contributed by atoms with Crippen LogP contribution in [0, 0.1) is 0 Å². The van der Waals surface area contributed by atoms with Crippen LogP contribution in [-0.4, -0.2) is 73.1 Å². The first-order valence-electron chi connectivity index (χ1n) is 9.89. The third-order valence-electron chi connectivity index (χ3n) is 5.12. The normalized spacial score (nSPS) is 14.8. The Bertz CT molecular complexity index is 953. The highest BCUT2D eigenvalue weighted by Crippen LogP contribution is 2.33. The van der Waals surface area contributed by atoms with Gasteiger partial charge in [-0.15, -0.1) is 0 Å². The number of hydrogen-bond acceptors (Lipinski definition) is 7. The third-order valence-corrected chi connectivity index (χ3v) is 5.12. The van der Waals surface area contributed by atoms with Gasteiger partial charge in [0.05, 0.1) is 33.6 Å².